The summed E-state index contributed by atoms with van der Waals surface area (Å²) >= 11 is 0. The van der Waals surface area contributed by atoms with E-state index < -0.39 is 58.9 Å². The zero-order chi connectivity index (χ0) is 31.5. The first-order valence-corrected chi connectivity index (χ1v) is 15.2. The molecule has 1 aromatic carbocycles. The summed E-state index contributed by atoms with van der Waals surface area (Å²) in [6, 6.07) is 3.64. The minimum Gasteiger partial charge on any atom is -0.507 e. The molecule has 0 spiro atoms. The fourth-order valence-corrected chi connectivity index (χ4v) is 5.55. The normalized spacial score (nSPS) is 22.7. The van der Waals surface area contributed by atoms with Gasteiger partial charge in [-0.05, 0) is 45.6 Å². The van der Waals surface area contributed by atoms with Crippen LogP contribution < -0.4 is 16.2 Å². The van der Waals surface area contributed by atoms with Crippen molar-refractivity contribution >= 4 is 38.9 Å². The Morgan fingerprint density at radius 3 is 2.42 bits per heavy atom. The quantitative estimate of drug-likeness (QED) is 0.246. The van der Waals surface area contributed by atoms with Gasteiger partial charge in [-0.25, -0.2) is 19.7 Å². The molecule has 4 heterocycles. The zero-order valence-corrected chi connectivity index (χ0v) is 25.4. The predicted molar refractivity (Wildman–Crippen MR) is 156 cm³/mol. The monoisotopic (exact) mass is 622 g/mol. The second kappa shape index (κ2) is 12.9. The lowest BCUT2D eigenvalue weighted by Gasteiger charge is -2.24. The molecule has 5 rings (SSSR count). The molecule has 16 nitrogen and oxygen atoms in total. The number of benzene rings is 1. The Morgan fingerprint density at radius 1 is 1.12 bits per heavy atom. The number of nitrogen functional groups attached to an aromatic ring is 2. The second-order valence-corrected chi connectivity index (χ2v) is 11.6. The Morgan fingerprint density at radius 2 is 1.79 bits per heavy atom. The summed E-state index contributed by atoms with van der Waals surface area (Å²) in [4.78, 5) is 27.1. The van der Waals surface area contributed by atoms with Crippen molar-refractivity contribution in [2.75, 3.05) is 37.7 Å². The Bertz CT molecular complexity index is 1540. The standard InChI is InChI=1S/C20H23N7O8S.C6H15N/c1-20(2)34-14-12(6-32-36(30,31)26-18(29)10-4-3-9(21)5-11(10)28)33-19(15(14)35-20)27-8-25-13-16(22)23-7-24-17(13)27;1-4-7(5-2)6-3/h3-5,7-8,12,14-15,19,28H,6,21H2,1-2H3,(H,26,29)(H2,22,23,24);4-6H2,1-3H3/t12-,14-,15-,19-;/m1./s1. The van der Waals surface area contributed by atoms with Crippen molar-refractivity contribution < 1.29 is 36.7 Å². The molecule has 2 fully saturated rings. The lowest BCUT2D eigenvalue weighted by atomic mass is 10.1. The minimum absolute atomic E-state index is 0.186. The largest absolute Gasteiger partial charge is 0.507 e. The summed E-state index contributed by atoms with van der Waals surface area (Å²) in [5, 5.41) is 9.87. The molecule has 2 saturated heterocycles. The zero-order valence-electron chi connectivity index (χ0n) is 24.6. The molecule has 17 heteroatoms. The van der Waals surface area contributed by atoms with Crippen LogP contribution in [0.5, 0.6) is 5.75 Å². The van der Waals surface area contributed by atoms with E-state index in [1.54, 1.807) is 23.1 Å². The number of imidazole rings is 1. The third-order valence-corrected chi connectivity index (χ3v) is 7.88. The van der Waals surface area contributed by atoms with E-state index >= 15 is 0 Å². The molecule has 0 saturated carbocycles. The van der Waals surface area contributed by atoms with Crippen LogP contribution in [0.2, 0.25) is 0 Å². The van der Waals surface area contributed by atoms with Gasteiger partial charge < -0.3 is 35.7 Å². The Labute approximate surface area is 249 Å². The predicted octanol–water partition coefficient (Wildman–Crippen LogP) is 1.15. The number of nitrogens with two attached hydrogens (primary N) is 2. The number of aromatic hydroxyl groups is 1. The van der Waals surface area contributed by atoms with Crippen molar-refractivity contribution in [2.45, 2.75) is 64.9 Å². The summed E-state index contributed by atoms with van der Waals surface area (Å²) in [6.45, 7) is 13.0. The molecule has 2 aromatic heterocycles. The van der Waals surface area contributed by atoms with Crippen LogP contribution in [0.25, 0.3) is 11.2 Å². The summed E-state index contributed by atoms with van der Waals surface area (Å²) in [7, 11) is -4.59. The number of carbonyl (C=O) groups is 1. The fourth-order valence-electron chi connectivity index (χ4n) is 4.84. The van der Waals surface area contributed by atoms with Gasteiger partial charge in [-0.3, -0.25) is 13.5 Å². The van der Waals surface area contributed by atoms with Crippen LogP contribution >= 0.6 is 0 Å². The van der Waals surface area contributed by atoms with Gasteiger partial charge in [-0.15, -0.1) is 0 Å². The van der Waals surface area contributed by atoms with E-state index in [0.717, 1.165) is 6.07 Å². The summed E-state index contributed by atoms with van der Waals surface area (Å²) in [6.07, 6.45) is -0.332. The molecule has 3 aromatic rings. The van der Waals surface area contributed by atoms with Crippen LogP contribution in [0, 0.1) is 0 Å². The van der Waals surface area contributed by atoms with Crippen molar-refractivity contribution in [2.24, 2.45) is 0 Å². The van der Waals surface area contributed by atoms with E-state index in [0.29, 0.717) is 11.2 Å². The number of hydrogen-bond donors (Lipinski definition) is 4. The highest BCUT2D eigenvalue weighted by Gasteiger charge is 2.56. The highest BCUT2D eigenvalue weighted by molar-refractivity contribution is 7.85. The highest BCUT2D eigenvalue weighted by Crippen LogP contribution is 2.44. The van der Waals surface area contributed by atoms with Crippen molar-refractivity contribution in [3.05, 3.63) is 36.4 Å². The van der Waals surface area contributed by atoms with Gasteiger partial charge in [-0.2, -0.15) is 8.42 Å². The third-order valence-electron chi connectivity index (χ3n) is 7.00. The maximum absolute atomic E-state index is 12.5. The molecule has 0 aliphatic carbocycles. The SMILES string of the molecule is CC1(C)O[C@@H]2[C@H](O1)[C@@H](COS(=O)(=O)NC(=O)c1ccc(N)cc1O)O[C@H]2n1cnc2c(N)ncnc21.CCN(CC)CC. The van der Waals surface area contributed by atoms with Gasteiger partial charge in [0.05, 0.1) is 18.5 Å². The highest BCUT2D eigenvalue weighted by atomic mass is 32.2. The van der Waals surface area contributed by atoms with E-state index in [2.05, 4.69) is 40.6 Å². The maximum Gasteiger partial charge on any atom is 0.362 e. The fraction of sp³-hybridized carbons (Fsp3) is 0.538. The van der Waals surface area contributed by atoms with Gasteiger partial charge in [0.2, 0.25) is 0 Å². The Hall–Kier alpha value is -3.61. The van der Waals surface area contributed by atoms with E-state index in [9.17, 15) is 18.3 Å². The number of anilines is 2. The van der Waals surface area contributed by atoms with Gasteiger partial charge in [0.15, 0.2) is 23.5 Å². The van der Waals surface area contributed by atoms with Gasteiger partial charge >= 0.3 is 10.3 Å². The van der Waals surface area contributed by atoms with Crippen LogP contribution in [-0.4, -0.2) is 94.2 Å². The lowest BCUT2D eigenvalue weighted by molar-refractivity contribution is -0.198. The average molecular weight is 623 g/mol. The number of phenolic OH excluding ortho intramolecular Hbond substituents is 1. The van der Waals surface area contributed by atoms with Crippen molar-refractivity contribution in [1.82, 2.24) is 29.1 Å². The number of nitrogens with one attached hydrogen (secondary N) is 1. The first-order chi connectivity index (χ1) is 20.3. The molecule has 1 amide bonds. The molecule has 6 N–H and O–H groups in total. The lowest BCUT2D eigenvalue weighted by Crippen LogP contribution is -2.37. The van der Waals surface area contributed by atoms with Crippen LogP contribution in [0.3, 0.4) is 0 Å². The number of rotatable bonds is 9. The summed E-state index contributed by atoms with van der Waals surface area (Å²) in [5.74, 6) is -2.38. The van der Waals surface area contributed by atoms with Crippen LogP contribution in [0.1, 0.15) is 51.2 Å². The summed E-state index contributed by atoms with van der Waals surface area (Å²) in [5.41, 5.74) is 12.1. The number of aromatic nitrogens is 4. The average Bonchev–Trinajstić information content (AvgIpc) is 3.60. The minimum atomic E-state index is -4.59. The van der Waals surface area contributed by atoms with E-state index in [-0.39, 0.29) is 17.1 Å². The van der Waals surface area contributed by atoms with Crippen LogP contribution in [-0.2, 0) is 28.7 Å². The number of carbonyl (C=O) groups excluding carboxylic acids is 1. The van der Waals surface area contributed by atoms with Gasteiger partial charge in [0.25, 0.3) is 5.91 Å². The molecular formula is C26H38N8O8S. The topological polar surface area (TPSA) is 219 Å². The van der Waals surface area contributed by atoms with Crippen molar-refractivity contribution in [3.8, 4) is 5.75 Å². The molecule has 4 atom stereocenters. The first-order valence-electron chi connectivity index (χ1n) is 13.8. The Balaban J connectivity index is 0.000000541. The Kier molecular flexibility index (Phi) is 9.73. The maximum atomic E-state index is 12.5. The molecule has 0 bridgehead atoms. The van der Waals surface area contributed by atoms with Crippen LogP contribution in [0.15, 0.2) is 30.9 Å². The van der Waals surface area contributed by atoms with Gasteiger partial charge in [-0.1, -0.05) is 20.8 Å². The molecule has 0 unspecified atom stereocenters. The van der Waals surface area contributed by atoms with Crippen molar-refractivity contribution in [3.63, 3.8) is 0 Å². The number of nitrogens with zero attached hydrogens (tertiary/aromatic N) is 5. The number of amides is 1. The van der Waals surface area contributed by atoms with E-state index in [1.165, 1.54) is 44.4 Å². The molecule has 43 heavy (non-hydrogen) atoms. The molecule has 2 aliphatic rings. The van der Waals surface area contributed by atoms with Crippen molar-refractivity contribution in [1.29, 1.82) is 0 Å². The number of hydrogen-bond acceptors (Lipinski definition) is 14. The third kappa shape index (κ3) is 7.31. The molecule has 2 aliphatic heterocycles. The molecular weight excluding hydrogens is 584 g/mol. The summed E-state index contributed by atoms with van der Waals surface area (Å²) < 4.78 is 51.3. The molecule has 236 valence electrons. The first kappa shape index (κ1) is 32.3. The van der Waals surface area contributed by atoms with E-state index in [1.807, 2.05) is 0 Å². The second-order valence-electron chi connectivity index (χ2n) is 10.3. The van der Waals surface area contributed by atoms with Gasteiger partial charge in [0, 0.05) is 11.8 Å². The van der Waals surface area contributed by atoms with Crippen LogP contribution in [0.4, 0.5) is 11.5 Å². The number of fused-ring (bicyclic) bond motifs is 2. The number of ether oxygens (including phenoxy) is 3. The smallest absolute Gasteiger partial charge is 0.362 e. The van der Waals surface area contributed by atoms with E-state index in [4.69, 9.17) is 29.9 Å². The number of phenols is 1. The van der Waals surface area contributed by atoms with Gasteiger partial charge in [0.1, 0.15) is 35.9 Å². The molecule has 0 radical (unpaired) electrons.